The van der Waals surface area contributed by atoms with Crippen LogP contribution in [0.1, 0.15) is 27.7 Å². The predicted octanol–water partition coefficient (Wildman–Crippen LogP) is 1.59. The molecule has 0 aliphatic carbocycles. The molecule has 1 aromatic rings. The van der Waals surface area contributed by atoms with Crippen molar-refractivity contribution in [1.29, 1.82) is 0 Å². The van der Waals surface area contributed by atoms with E-state index in [0.29, 0.717) is 30.4 Å². The number of hydrogen-bond donors (Lipinski definition) is 3. The Hall–Kier alpha value is -2.81. The molecule has 0 saturated heterocycles. The SMILES string of the molecule is CCOc1ccc(NC(=O)NC(=O)CN(C)CC(=O)NC(C)C)cc1OCC. The van der Waals surface area contributed by atoms with E-state index in [1.54, 1.807) is 25.2 Å². The van der Waals surface area contributed by atoms with Gasteiger partial charge in [0.1, 0.15) is 0 Å². The Morgan fingerprint density at radius 3 is 2.21 bits per heavy atom. The quantitative estimate of drug-likeness (QED) is 0.556. The van der Waals surface area contributed by atoms with Crippen molar-refractivity contribution in [3.63, 3.8) is 0 Å². The summed E-state index contributed by atoms with van der Waals surface area (Å²) in [6.07, 6.45) is 0. The fraction of sp³-hybridized carbons (Fsp3) is 0.526. The van der Waals surface area contributed by atoms with Gasteiger partial charge < -0.3 is 20.1 Å². The summed E-state index contributed by atoms with van der Waals surface area (Å²) in [5.74, 6) is 0.373. The molecule has 9 heteroatoms. The highest BCUT2D eigenvalue weighted by Gasteiger charge is 2.14. The summed E-state index contributed by atoms with van der Waals surface area (Å²) in [4.78, 5) is 37.2. The van der Waals surface area contributed by atoms with Gasteiger partial charge in [-0.1, -0.05) is 0 Å². The summed E-state index contributed by atoms with van der Waals surface area (Å²) >= 11 is 0. The molecule has 0 aromatic heterocycles. The van der Waals surface area contributed by atoms with E-state index in [-0.39, 0.29) is 25.0 Å². The molecule has 0 aliphatic rings. The average molecular weight is 394 g/mol. The van der Waals surface area contributed by atoms with Crippen LogP contribution in [-0.2, 0) is 9.59 Å². The predicted molar refractivity (Wildman–Crippen MR) is 107 cm³/mol. The van der Waals surface area contributed by atoms with Crippen molar-refractivity contribution in [2.45, 2.75) is 33.7 Å². The van der Waals surface area contributed by atoms with Crippen LogP contribution in [0, 0.1) is 0 Å². The second-order valence-corrected chi connectivity index (χ2v) is 6.42. The zero-order valence-electron chi connectivity index (χ0n) is 17.1. The van der Waals surface area contributed by atoms with E-state index in [0.717, 1.165) is 0 Å². The molecule has 0 heterocycles. The number of imide groups is 1. The summed E-state index contributed by atoms with van der Waals surface area (Å²) in [5, 5.41) is 7.54. The molecule has 0 atom stereocenters. The molecular weight excluding hydrogens is 364 g/mol. The Labute approximate surface area is 165 Å². The maximum absolute atomic E-state index is 12.0. The Morgan fingerprint density at radius 1 is 1.00 bits per heavy atom. The minimum Gasteiger partial charge on any atom is -0.490 e. The molecule has 3 N–H and O–H groups in total. The first-order valence-electron chi connectivity index (χ1n) is 9.23. The number of anilines is 1. The fourth-order valence-electron chi connectivity index (χ4n) is 2.37. The fourth-order valence-corrected chi connectivity index (χ4v) is 2.37. The molecular formula is C19H30N4O5. The van der Waals surface area contributed by atoms with Crippen LogP contribution in [0.4, 0.5) is 10.5 Å². The van der Waals surface area contributed by atoms with Crippen LogP contribution in [0.15, 0.2) is 18.2 Å². The first kappa shape index (κ1) is 23.2. The molecule has 1 rings (SSSR count). The molecule has 0 saturated carbocycles. The van der Waals surface area contributed by atoms with Gasteiger partial charge in [-0.25, -0.2) is 4.79 Å². The number of carbonyl (C=O) groups excluding carboxylic acids is 3. The van der Waals surface area contributed by atoms with Gasteiger partial charge in [-0.05, 0) is 46.9 Å². The average Bonchev–Trinajstić information content (AvgIpc) is 2.56. The van der Waals surface area contributed by atoms with Crippen LogP contribution < -0.4 is 25.4 Å². The van der Waals surface area contributed by atoms with Crippen molar-refractivity contribution in [2.75, 3.05) is 38.7 Å². The van der Waals surface area contributed by atoms with Gasteiger partial charge in [-0.15, -0.1) is 0 Å². The number of ether oxygens (including phenoxy) is 2. The third-order valence-corrected chi connectivity index (χ3v) is 3.33. The third kappa shape index (κ3) is 8.72. The molecule has 0 aliphatic heterocycles. The molecule has 28 heavy (non-hydrogen) atoms. The third-order valence-electron chi connectivity index (χ3n) is 3.33. The lowest BCUT2D eigenvalue weighted by atomic mass is 10.2. The van der Waals surface area contributed by atoms with Gasteiger partial charge in [0.05, 0.1) is 26.3 Å². The molecule has 156 valence electrons. The van der Waals surface area contributed by atoms with Gasteiger partial charge in [0, 0.05) is 17.8 Å². The van der Waals surface area contributed by atoms with Gasteiger partial charge in [0.25, 0.3) is 0 Å². The van der Waals surface area contributed by atoms with Gasteiger partial charge in [-0.3, -0.25) is 19.8 Å². The van der Waals surface area contributed by atoms with E-state index in [2.05, 4.69) is 16.0 Å². The van der Waals surface area contributed by atoms with Crippen LogP contribution in [-0.4, -0.2) is 62.1 Å². The van der Waals surface area contributed by atoms with Crippen molar-refractivity contribution in [2.24, 2.45) is 0 Å². The number of amides is 4. The second-order valence-electron chi connectivity index (χ2n) is 6.42. The van der Waals surface area contributed by atoms with Gasteiger partial charge in [0.2, 0.25) is 11.8 Å². The first-order chi connectivity index (χ1) is 13.2. The van der Waals surface area contributed by atoms with Crippen LogP contribution in [0.5, 0.6) is 11.5 Å². The summed E-state index contributed by atoms with van der Waals surface area (Å²) in [6, 6.07) is 4.32. The second kappa shape index (κ2) is 11.8. The van der Waals surface area contributed by atoms with Crippen molar-refractivity contribution in [3.05, 3.63) is 18.2 Å². The molecule has 0 radical (unpaired) electrons. The summed E-state index contributed by atoms with van der Waals surface area (Å²) in [7, 11) is 1.62. The molecule has 0 unspecified atom stereocenters. The van der Waals surface area contributed by atoms with E-state index >= 15 is 0 Å². The highest BCUT2D eigenvalue weighted by Crippen LogP contribution is 2.30. The molecule has 0 bridgehead atoms. The van der Waals surface area contributed by atoms with Gasteiger partial charge in [-0.2, -0.15) is 0 Å². The highest BCUT2D eigenvalue weighted by molar-refractivity contribution is 6.02. The number of nitrogens with one attached hydrogen (secondary N) is 3. The maximum Gasteiger partial charge on any atom is 0.325 e. The lowest BCUT2D eigenvalue weighted by molar-refractivity contribution is -0.124. The van der Waals surface area contributed by atoms with Crippen LogP contribution in [0.25, 0.3) is 0 Å². The highest BCUT2D eigenvalue weighted by atomic mass is 16.5. The van der Waals surface area contributed by atoms with Crippen LogP contribution >= 0.6 is 0 Å². The van der Waals surface area contributed by atoms with Crippen molar-refractivity contribution in [3.8, 4) is 11.5 Å². The van der Waals surface area contributed by atoms with E-state index in [1.165, 1.54) is 4.90 Å². The number of nitrogens with zero attached hydrogens (tertiary/aromatic N) is 1. The molecule has 0 spiro atoms. The normalized spacial score (nSPS) is 10.5. The molecule has 9 nitrogen and oxygen atoms in total. The lowest BCUT2D eigenvalue weighted by Crippen LogP contribution is -2.44. The van der Waals surface area contributed by atoms with Crippen molar-refractivity contribution in [1.82, 2.24) is 15.5 Å². The van der Waals surface area contributed by atoms with E-state index in [4.69, 9.17) is 9.47 Å². The van der Waals surface area contributed by atoms with Crippen molar-refractivity contribution < 1.29 is 23.9 Å². The number of rotatable bonds is 10. The number of likely N-dealkylation sites (N-methyl/N-ethyl adjacent to an activating group) is 1. The lowest BCUT2D eigenvalue weighted by Gasteiger charge is -2.17. The number of benzene rings is 1. The zero-order chi connectivity index (χ0) is 21.1. The Bertz CT molecular complexity index is 678. The van der Waals surface area contributed by atoms with E-state index in [1.807, 2.05) is 27.7 Å². The molecule has 4 amide bonds. The molecule has 0 fully saturated rings. The minimum absolute atomic E-state index is 0.0243. The van der Waals surface area contributed by atoms with Crippen LogP contribution in [0.2, 0.25) is 0 Å². The van der Waals surface area contributed by atoms with Gasteiger partial charge in [0.15, 0.2) is 11.5 Å². The van der Waals surface area contributed by atoms with Gasteiger partial charge >= 0.3 is 6.03 Å². The van der Waals surface area contributed by atoms with Crippen LogP contribution in [0.3, 0.4) is 0 Å². The Morgan fingerprint density at radius 2 is 1.61 bits per heavy atom. The summed E-state index contributed by atoms with van der Waals surface area (Å²) in [5.41, 5.74) is 0.460. The van der Waals surface area contributed by atoms with Crippen molar-refractivity contribution >= 4 is 23.5 Å². The van der Waals surface area contributed by atoms with E-state index in [9.17, 15) is 14.4 Å². The standard InChI is InChI=1S/C19H30N4O5/c1-6-27-15-9-8-14(10-16(15)28-7-2)21-19(26)22-18(25)12-23(5)11-17(24)20-13(3)4/h8-10,13H,6-7,11-12H2,1-5H3,(H,20,24)(H2,21,22,25,26). The number of carbonyl (C=O) groups is 3. The smallest absolute Gasteiger partial charge is 0.325 e. The summed E-state index contributed by atoms with van der Waals surface area (Å²) in [6.45, 7) is 8.33. The Kier molecular flexibility index (Phi) is 9.80. The molecule has 1 aromatic carbocycles. The minimum atomic E-state index is -0.670. The summed E-state index contributed by atoms with van der Waals surface area (Å²) < 4.78 is 11.0. The zero-order valence-corrected chi connectivity index (χ0v) is 17.1. The largest absolute Gasteiger partial charge is 0.490 e. The first-order valence-corrected chi connectivity index (χ1v) is 9.23. The monoisotopic (exact) mass is 394 g/mol. The van der Waals surface area contributed by atoms with E-state index < -0.39 is 11.9 Å². The Balaban J connectivity index is 2.55. The topological polar surface area (TPSA) is 109 Å². The maximum atomic E-state index is 12.0. The number of hydrogen-bond acceptors (Lipinski definition) is 6. The number of urea groups is 1.